The first-order chi connectivity index (χ1) is 12.9. The number of hydrogen-bond acceptors (Lipinski definition) is 4. The highest BCUT2D eigenvalue weighted by molar-refractivity contribution is 7.89. The van der Waals surface area contributed by atoms with Gasteiger partial charge in [0.2, 0.25) is 10.0 Å². The largest absolute Gasteiger partial charge is 0.348 e. The molecule has 0 aliphatic rings. The molecule has 1 aromatic heterocycles. The molecular weight excluding hydrogens is 388 g/mol. The molecule has 0 atom stereocenters. The number of para-hydroxylation sites is 1. The maximum Gasteiger partial charge on any atom is 0.253 e. The van der Waals surface area contributed by atoms with Gasteiger partial charge in [0.25, 0.3) is 5.91 Å². The zero-order valence-corrected chi connectivity index (χ0v) is 16.0. The van der Waals surface area contributed by atoms with Gasteiger partial charge >= 0.3 is 0 Å². The predicted octanol–water partition coefficient (Wildman–Crippen LogP) is 2.36. The normalized spacial score (nSPS) is 11.3. The summed E-state index contributed by atoms with van der Waals surface area (Å²) in [5.41, 5.74) is 1.79. The highest BCUT2D eigenvalue weighted by Crippen LogP contribution is 2.20. The third-order valence-corrected chi connectivity index (χ3v) is 5.61. The number of hydrogen-bond donors (Lipinski definition) is 2. The van der Waals surface area contributed by atoms with E-state index in [9.17, 15) is 13.2 Å². The fraction of sp³-hybridized carbons (Fsp3) is 0.111. The van der Waals surface area contributed by atoms with Gasteiger partial charge in [-0.15, -0.1) is 0 Å². The van der Waals surface area contributed by atoms with E-state index in [4.69, 9.17) is 11.6 Å². The second-order valence-electron chi connectivity index (χ2n) is 5.66. The summed E-state index contributed by atoms with van der Waals surface area (Å²) in [4.78, 5) is 12.4. The minimum Gasteiger partial charge on any atom is -0.348 e. The summed E-state index contributed by atoms with van der Waals surface area (Å²) in [6, 6.07) is 13.5. The van der Waals surface area contributed by atoms with Gasteiger partial charge in [-0.25, -0.2) is 17.8 Å². The Kier molecular flexibility index (Phi) is 5.59. The highest BCUT2D eigenvalue weighted by atomic mass is 35.5. The van der Waals surface area contributed by atoms with Crippen molar-refractivity contribution in [2.45, 2.75) is 11.4 Å². The average molecular weight is 405 g/mol. The van der Waals surface area contributed by atoms with E-state index in [1.807, 2.05) is 30.3 Å². The van der Waals surface area contributed by atoms with Crippen LogP contribution in [0, 0.1) is 0 Å². The number of carbonyl (C=O) groups excluding carboxylic acids is 1. The Hall–Kier alpha value is -2.68. The summed E-state index contributed by atoms with van der Waals surface area (Å²) in [5, 5.41) is 7.16. The van der Waals surface area contributed by atoms with Gasteiger partial charge in [-0.1, -0.05) is 29.8 Å². The molecule has 2 aromatic carbocycles. The molecule has 0 spiro atoms. The molecule has 3 rings (SSSR count). The van der Waals surface area contributed by atoms with Crippen molar-refractivity contribution >= 4 is 27.5 Å². The average Bonchev–Trinajstić information content (AvgIpc) is 3.16. The fourth-order valence-electron chi connectivity index (χ4n) is 2.41. The third kappa shape index (κ3) is 4.36. The quantitative estimate of drug-likeness (QED) is 0.659. The first-order valence-corrected chi connectivity index (χ1v) is 9.87. The Morgan fingerprint density at radius 1 is 1.19 bits per heavy atom. The van der Waals surface area contributed by atoms with Gasteiger partial charge in [0.15, 0.2) is 0 Å². The lowest BCUT2D eigenvalue weighted by atomic mass is 10.2. The summed E-state index contributed by atoms with van der Waals surface area (Å²) >= 11 is 6.06. The van der Waals surface area contributed by atoms with Crippen molar-refractivity contribution in [2.24, 2.45) is 0 Å². The molecule has 0 saturated heterocycles. The number of rotatable bonds is 6. The summed E-state index contributed by atoms with van der Waals surface area (Å²) in [7, 11) is -2.37. The van der Waals surface area contributed by atoms with Crippen LogP contribution in [0.1, 0.15) is 15.9 Å². The Bertz CT molecular complexity index is 1070. The van der Waals surface area contributed by atoms with Gasteiger partial charge in [-0.05, 0) is 37.4 Å². The van der Waals surface area contributed by atoms with Gasteiger partial charge in [0.05, 0.1) is 27.4 Å². The van der Waals surface area contributed by atoms with Crippen LogP contribution in [0.3, 0.4) is 0 Å². The molecule has 1 heterocycles. The minimum atomic E-state index is -3.67. The molecular formula is C18H17ClN4O3S. The van der Waals surface area contributed by atoms with Crippen molar-refractivity contribution in [3.05, 3.63) is 77.1 Å². The number of halogens is 1. The topological polar surface area (TPSA) is 93.1 Å². The lowest BCUT2D eigenvalue weighted by Gasteiger charge is -2.08. The van der Waals surface area contributed by atoms with Crippen molar-refractivity contribution in [1.82, 2.24) is 19.8 Å². The molecule has 2 N–H and O–H groups in total. The van der Waals surface area contributed by atoms with E-state index in [-0.39, 0.29) is 22.0 Å². The molecule has 0 bridgehead atoms. The number of benzene rings is 2. The lowest BCUT2D eigenvalue weighted by molar-refractivity contribution is 0.0951. The summed E-state index contributed by atoms with van der Waals surface area (Å²) in [6.45, 7) is 0.227. The van der Waals surface area contributed by atoms with Gasteiger partial charge in [0, 0.05) is 18.3 Å². The molecule has 1 amide bonds. The Balaban J connectivity index is 1.73. The van der Waals surface area contributed by atoms with E-state index in [2.05, 4.69) is 15.1 Å². The van der Waals surface area contributed by atoms with Gasteiger partial charge in [0.1, 0.15) is 0 Å². The standard InChI is InChI=1S/C18H17ClN4O3S/c1-20-27(25,26)15-7-8-17(19)16(9-15)18(24)21-10-13-11-22-23(12-13)14-5-3-2-4-6-14/h2-9,11-12,20H,10H2,1H3,(H,21,24). The smallest absolute Gasteiger partial charge is 0.253 e. The van der Waals surface area contributed by atoms with Gasteiger partial charge in [-0.2, -0.15) is 5.10 Å². The number of sulfonamides is 1. The minimum absolute atomic E-state index is 0.0311. The highest BCUT2D eigenvalue weighted by Gasteiger charge is 2.17. The van der Waals surface area contributed by atoms with Crippen molar-refractivity contribution in [3.8, 4) is 5.69 Å². The number of amides is 1. The predicted molar refractivity (Wildman–Crippen MR) is 102 cm³/mol. The number of aromatic nitrogens is 2. The summed E-state index contributed by atoms with van der Waals surface area (Å²) in [5.74, 6) is -0.472. The van der Waals surface area contributed by atoms with Crippen LogP contribution in [0.5, 0.6) is 0 Å². The molecule has 27 heavy (non-hydrogen) atoms. The van der Waals surface area contributed by atoms with Crippen LogP contribution in [0.2, 0.25) is 5.02 Å². The van der Waals surface area contributed by atoms with E-state index in [1.165, 1.54) is 25.2 Å². The lowest BCUT2D eigenvalue weighted by Crippen LogP contribution is -2.24. The zero-order valence-electron chi connectivity index (χ0n) is 14.4. The van der Waals surface area contributed by atoms with Crippen LogP contribution in [-0.2, 0) is 16.6 Å². The third-order valence-electron chi connectivity index (χ3n) is 3.87. The maximum atomic E-state index is 12.4. The number of nitrogens with one attached hydrogen (secondary N) is 2. The second-order valence-corrected chi connectivity index (χ2v) is 7.95. The maximum absolute atomic E-state index is 12.4. The zero-order chi connectivity index (χ0) is 19.4. The van der Waals surface area contributed by atoms with E-state index in [0.717, 1.165) is 11.3 Å². The molecule has 140 valence electrons. The van der Waals surface area contributed by atoms with Crippen molar-refractivity contribution in [3.63, 3.8) is 0 Å². The van der Waals surface area contributed by atoms with Crippen LogP contribution < -0.4 is 10.0 Å². The van der Waals surface area contributed by atoms with Crippen molar-refractivity contribution in [1.29, 1.82) is 0 Å². The van der Waals surface area contributed by atoms with Crippen molar-refractivity contribution in [2.75, 3.05) is 7.05 Å². The molecule has 0 radical (unpaired) electrons. The van der Waals surface area contributed by atoms with Crippen LogP contribution in [0.4, 0.5) is 0 Å². The number of carbonyl (C=O) groups is 1. The van der Waals surface area contributed by atoms with Crippen molar-refractivity contribution < 1.29 is 13.2 Å². The molecule has 0 fully saturated rings. The molecule has 0 aliphatic heterocycles. The Morgan fingerprint density at radius 2 is 1.93 bits per heavy atom. The number of nitrogens with zero attached hydrogens (tertiary/aromatic N) is 2. The van der Waals surface area contributed by atoms with Crippen LogP contribution in [0.25, 0.3) is 5.69 Å². The van der Waals surface area contributed by atoms with Crippen LogP contribution >= 0.6 is 11.6 Å². The molecule has 7 nitrogen and oxygen atoms in total. The van der Waals surface area contributed by atoms with Crippen LogP contribution in [-0.4, -0.2) is 31.2 Å². The van der Waals surface area contributed by atoms with Gasteiger partial charge < -0.3 is 5.32 Å². The first-order valence-electron chi connectivity index (χ1n) is 8.01. The Labute approximate surface area is 162 Å². The SMILES string of the molecule is CNS(=O)(=O)c1ccc(Cl)c(C(=O)NCc2cnn(-c3ccccc3)c2)c1. The molecule has 0 saturated carbocycles. The Morgan fingerprint density at radius 3 is 2.63 bits per heavy atom. The monoisotopic (exact) mass is 404 g/mol. The van der Waals surface area contributed by atoms with E-state index < -0.39 is 15.9 Å². The second kappa shape index (κ2) is 7.91. The van der Waals surface area contributed by atoms with E-state index in [1.54, 1.807) is 17.1 Å². The molecule has 0 unspecified atom stereocenters. The van der Waals surface area contributed by atoms with E-state index in [0.29, 0.717) is 0 Å². The first kappa shape index (κ1) is 19.1. The summed E-state index contributed by atoms with van der Waals surface area (Å²) in [6.07, 6.45) is 3.45. The van der Waals surface area contributed by atoms with Crippen LogP contribution in [0.15, 0.2) is 65.8 Å². The van der Waals surface area contributed by atoms with E-state index >= 15 is 0 Å². The van der Waals surface area contributed by atoms with Gasteiger partial charge in [-0.3, -0.25) is 4.79 Å². The molecule has 9 heteroatoms. The molecule has 0 aliphatic carbocycles. The molecule has 3 aromatic rings. The summed E-state index contributed by atoms with van der Waals surface area (Å²) < 4.78 is 27.7. The fourth-order valence-corrected chi connectivity index (χ4v) is 3.37.